The van der Waals surface area contributed by atoms with Crippen LogP contribution in [0.25, 0.3) is 0 Å². The molecule has 2 aromatic carbocycles. The van der Waals surface area contributed by atoms with Gasteiger partial charge in [0.05, 0.1) is 29.9 Å². The average Bonchev–Trinajstić information content (AvgIpc) is 3.20. The van der Waals surface area contributed by atoms with Crippen LogP contribution in [0.15, 0.2) is 42.5 Å². The minimum Gasteiger partial charge on any atom is -0.370 e. The van der Waals surface area contributed by atoms with Crippen molar-refractivity contribution in [1.29, 1.82) is 0 Å². The van der Waals surface area contributed by atoms with Crippen LogP contribution in [0.5, 0.6) is 0 Å². The molecule has 1 aliphatic rings. The van der Waals surface area contributed by atoms with Crippen molar-refractivity contribution in [1.82, 2.24) is 10.2 Å². The second-order valence-corrected chi connectivity index (χ2v) is 11.1. The summed E-state index contributed by atoms with van der Waals surface area (Å²) in [6.45, 7) is 7.02. The number of carbonyl (C=O) groups is 1. The zero-order valence-corrected chi connectivity index (χ0v) is 22.4. The lowest BCUT2D eigenvalue weighted by Gasteiger charge is -2.33. The molecule has 216 valence electrons. The first-order valence-electron chi connectivity index (χ1n) is 12.6. The van der Waals surface area contributed by atoms with E-state index in [9.17, 15) is 35.5 Å². The van der Waals surface area contributed by atoms with E-state index in [-0.39, 0.29) is 30.1 Å². The second kappa shape index (κ2) is 11.4. The molecule has 0 saturated heterocycles. The number of nitrogens with zero attached hydrogens (tertiary/aromatic N) is 1. The summed E-state index contributed by atoms with van der Waals surface area (Å²) in [7, 11) is 1.76. The summed E-state index contributed by atoms with van der Waals surface area (Å²) in [4.78, 5) is 14.4. The number of alkyl halides is 6. The van der Waals surface area contributed by atoms with E-state index < -0.39 is 53.0 Å². The quantitative estimate of drug-likeness (QED) is 0.366. The topological polar surface area (TPSA) is 41.6 Å². The molecule has 1 fully saturated rings. The van der Waals surface area contributed by atoms with Crippen LogP contribution in [0.3, 0.4) is 0 Å². The van der Waals surface area contributed by atoms with Crippen LogP contribution in [0, 0.1) is 5.82 Å². The molecule has 11 heteroatoms. The van der Waals surface area contributed by atoms with Crippen LogP contribution in [0.4, 0.5) is 30.7 Å². The average molecular weight is 563 g/mol. The normalized spacial score (nSPS) is 21.3. The fourth-order valence-corrected chi connectivity index (χ4v) is 5.07. The Morgan fingerprint density at radius 3 is 2.00 bits per heavy atom. The summed E-state index contributed by atoms with van der Waals surface area (Å²) >= 11 is 0. The number of likely N-dealkylation sites (N-methyl/N-ethyl adjacent to an activating group) is 1. The van der Waals surface area contributed by atoms with Gasteiger partial charge in [0, 0.05) is 17.5 Å². The third kappa shape index (κ3) is 8.17. The van der Waals surface area contributed by atoms with Gasteiger partial charge in [-0.15, -0.1) is 0 Å². The van der Waals surface area contributed by atoms with Crippen molar-refractivity contribution in [2.75, 3.05) is 13.6 Å². The van der Waals surface area contributed by atoms with Crippen LogP contribution in [-0.4, -0.2) is 42.1 Å². The Balaban J connectivity index is 1.90. The highest BCUT2D eigenvalue weighted by molar-refractivity contribution is 5.78. The second-order valence-electron chi connectivity index (χ2n) is 11.1. The predicted molar refractivity (Wildman–Crippen MR) is 132 cm³/mol. The minimum atomic E-state index is -4.97. The lowest BCUT2D eigenvalue weighted by molar-refractivity contribution is -0.143. The van der Waals surface area contributed by atoms with Gasteiger partial charge in [0.25, 0.3) is 0 Å². The Morgan fingerprint density at radius 2 is 1.51 bits per heavy atom. The maximum absolute atomic E-state index is 13.7. The SMILES string of the molecule is CC(OC1CCC(N(C)CC(=O)NC(C)(C)C)C1c1ccc(F)cc1)c1cc(C(F)(F)F)cc(C(F)(F)F)c1. The maximum Gasteiger partial charge on any atom is 0.416 e. The van der Waals surface area contributed by atoms with Crippen molar-refractivity contribution in [3.63, 3.8) is 0 Å². The van der Waals surface area contributed by atoms with E-state index in [1.807, 2.05) is 25.7 Å². The number of hydrogen-bond acceptors (Lipinski definition) is 3. The van der Waals surface area contributed by atoms with Gasteiger partial charge in [0.15, 0.2) is 0 Å². The summed E-state index contributed by atoms with van der Waals surface area (Å²) in [6.07, 6.45) is -10.7. The molecule has 4 unspecified atom stereocenters. The van der Waals surface area contributed by atoms with Crippen LogP contribution < -0.4 is 5.32 Å². The molecule has 2 aromatic rings. The first-order valence-corrected chi connectivity index (χ1v) is 12.6. The van der Waals surface area contributed by atoms with Gasteiger partial charge in [-0.2, -0.15) is 26.3 Å². The lowest BCUT2D eigenvalue weighted by Crippen LogP contribution is -2.48. The maximum atomic E-state index is 13.7. The summed E-state index contributed by atoms with van der Waals surface area (Å²) in [5, 5.41) is 2.89. The molecule has 1 N–H and O–H groups in total. The van der Waals surface area contributed by atoms with Crippen molar-refractivity contribution in [3.8, 4) is 0 Å². The van der Waals surface area contributed by atoms with E-state index in [1.54, 1.807) is 19.2 Å². The van der Waals surface area contributed by atoms with Gasteiger partial charge < -0.3 is 10.1 Å². The molecule has 0 aliphatic heterocycles. The standard InChI is InChI=1S/C28H33F7N2O2/c1-16(18-12-19(27(30,31)32)14-20(13-18)28(33,34)35)39-23-11-10-22(25(23)17-6-8-21(29)9-7-17)37(5)15-24(38)36-26(2,3)4/h6-9,12-14,16,22-23,25H,10-11,15H2,1-5H3,(H,36,38). The fraction of sp³-hybridized carbons (Fsp3) is 0.536. The van der Waals surface area contributed by atoms with Crippen LogP contribution in [-0.2, 0) is 21.9 Å². The minimum absolute atomic E-state index is 0.0600. The highest BCUT2D eigenvalue weighted by Gasteiger charge is 2.42. The third-order valence-corrected chi connectivity index (χ3v) is 6.75. The van der Waals surface area contributed by atoms with Gasteiger partial charge >= 0.3 is 12.4 Å². The van der Waals surface area contributed by atoms with Crippen LogP contribution in [0.1, 0.15) is 74.8 Å². The Bertz CT molecular complexity index is 1110. The first kappa shape index (κ1) is 30.9. The van der Waals surface area contributed by atoms with Gasteiger partial charge in [0.2, 0.25) is 5.91 Å². The van der Waals surface area contributed by atoms with Crippen molar-refractivity contribution in [3.05, 3.63) is 70.5 Å². The molecule has 0 bridgehead atoms. The highest BCUT2D eigenvalue weighted by atomic mass is 19.4. The van der Waals surface area contributed by atoms with Gasteiger partial charge in [-0.25, -0.2) is 4.39 Å². The molecule has 3 rings (SSSR count). The Labute approximate surface area is 223 Å². The van der Waals surface area contributed by atoms with Crippen LogP contribution in [0.2, 0.25) is 0 Å². The molecule has 1 aliphatic carbocycles. The van der Waals surface area contributed by atoms with Gasteiger partial charge in [-0.05, 0) is 89.0 Å². The third-order valence-electron chi connectivity index (χ3n) is 6.75. The molecular formula is C28H33F7N2O2. The molecule has 0 heterocycles. The number of carbonyl (C=O) groups excluding carboxylic acids is 1. The van der Waals surface area contributed by atoms with E-state index in [0.717, 1.165) is 0 Å². The van der Waals surface area contributed by atoms with Crippen molar-refractivity contribution >= 4 is 5.91 Å². The Kier molecular flexibility index (Phi) is 9.06. The smallest absolute Gasteiger partial charge is 0.370 e. The predicted octanol–water partition coefficient (Wildman–Crippen LogP) is 7.10. The van der Waals surface area contributed by atoms with E-state index in [0.29, 0.717) is 30.5 Å². The van der Waals surface area contributed by atoms with E-state index in [2.05, 4.69) is 5.32 Å². The number of halogens is 7. The van der Waals surface area contributed by atoms with Gasteiger partial charge in [-0.3, -0.25) is 9.69 Å². The first-order chi connectivity index (χ1) is 17.8. The number of hydrogen-bond donors (Lipinski definition) is 1. The van der Waals surface area contributed by atoms with Gasteiger partial charge in [-0.1, -0.05) is 12.1 Å². The summed E-state index contributed by atoms with van der Waals surface area (Å²) in [6, 6.07) is 6.89. The summed E-state index contributed by atoms with van der Waals surface area (Å²) in [5.74, 6) is -1.07. The number of nitrogens with one attached hydrogen (secondary N) is 1. The van der Waals surface area contributed by atoms with E-state index in [4.69, 9.17) is 4.74 Å². The molecule has 4 atom stereocenters. The number of rotatable bonds is 7. The van der Waals surface area contributed by atoms with Crippen LogP contribution >= 0.6 is 0 Å². The molecule has 0 spiro atoms. The fourth-order valence-electron chi connectivity index (χ4n) is 5.07. The van der Waals surface area contributed by atoms with E-state index in [1.165, 1.54) is 19.1 Å². The molecule has 4 nitrogen and oxygen atoms in total. The van der Waals surface area contributed by atoms with Crippen molar-refractivity contribution in [2.24, 2.45) is 0 Å². The number of ether oxygens (including phenoxy) is 1. The number of amides is 1. The van der Waals surface area contributed by atoms with Crippen molar-refractivity contribution < 1.29 is 40.3 Å². The molecule has 1 saturated carbocycles. The Morgan fingerprint density at radius 1 is 0.974 bits per heavy atom. The number of benzene rings is 2. The van der Waals surface area contributed by atoms with Crippen molar-refractivity contribution in [2.45, 2.75) is 82.6 Å². The van der Waals surface area contributed by atoms with Gasteiger partial charge in [0.1, 0.15) is 5.82 Å². The molecular weight excluding hydrogens is 529 g/mol. The Hall–Kier alpha value is -2.66. The molecule has 1 amide bonds. The lowest BCUT2D eigenvalue weighted by atomic mass is 9.91. The largest absolute Gasteiger partial charge is 0.416 e. The zero-order valence-electron chi connectivity index (χ0n) is 22.4. The van der Waals surface area contributed by atoms with E-state index >= 15 is 0 Å². The monoisotopic (exact) mass is 562 g/mol. The highest BCUT2D eigenvalue weighted by Crippen LogP contribution is 2.43. The molecule has 39 heavy (non-hydrogen) atoms. The molecule has 0 radical (unpaired) electrons. The zero-order chi connectivity index (χ0) is 29.3. The molecule has 0 aromatic heterocycles. The summed E-state index contributed by atoms with van der Waals surface area (Å²) < 4.78 is 100. The summed E-state index contributed by atoms with van der Waals surface area (Å²) in [5.41, 5.74) is -2.82.